The molecule has 1 aromatic rings. The Hall–Kier alpha value is -1.78. The number of nitrogens with zero attached hydrogens (tertiary/aromatic N) is 2. The van der Waals surface area contributed by atoms with Gasteiger partial charge in [0.05, 0.1) is 11.9 Å². The van der Waals surface area contributed by atoms with Crippen molar-refractivity contribution in [2.75, 3.05) is 17.2 Å². The quantitative estimate of drug-likeness (QED) is 0.823. The smallest absolute Gasteiger partial charge is 0.339 e. The van der Waals surface area contributed by atoms with Crippen molar-refractivity contribution in [3.05, 3.63) is 17.8 Å². The van der Waals surface area contributed by atoms with Crippen LogP contribution in [-0.2, 0) is 0 Å². The molecule has 1 saturated carbocycles. The van der Waals surface area contributed by atoms with Crippen LogP contribution in [0.4, 0.5) is 11.5 Å². The molecule has 2 rings (SSSR count). The first-order valence-electron chi connectivity index (χ1n) is 6.74. The largest absolute Gasteiger partial charge is 0.478 e. The summed E-state index contributed by atoms with van der Waals surface area (Å²) in [6.07, 6.45) is 4.79. The SMILES string of the molecule is CC(C)CCN(c1ncc(N)cc1C(=O)O)C1CC1. The van der Waals surface area contributed by atoms with Crippen LogP contribution in [0.3, 0.4) is 0 Å². The average molecular weight is 263 g/mol. The van der Waals surface area contributed by atoms with Gasteiger partial charge in [0, 0.05) is 12.6 Å². The number of hydrogen-bond donors (Lipinski definition) is 2. The zero-order valence-electron chi connectivity index (χ0n) is 11.5. The molecule has 0 aliphatic heterocycles. The molecule has 0 bridgehead atoms. The van der Waals surface area contributed by atoms with E-state index in [1.807, 2.05) is 0 Å². The maximum absolute atomic E-state index is 11.3. The second kappa shape index (κ2) is 5.47. The van der Waals surface area contributed by atoms with E-state index in [1.54, 1.807) is 0 Å². The molecular weight excluding hydrogens is 242 g/mol. The summed E-state index contributed by atoms with van der Waals surface area (Å²) in [5, 5.41) is 9.30. The van der Waals surface area contributed by atoms with Gasteiger partial charge in [-0.1, -0.05) is 13.8 Å². The summed E-state index contributed by atoms with van der Waals surface area (Å²) in [6, 6.07) is 1.93. The van der Waals surface area contributed by atoms with Crippen LogP contribution in [0.1, 0.15) is 43.5 Å². The minimum absolute atomic E-state index is 0.204. The monoisotopic (exact) mass is 263 g/mol. The maximum atomic E-state index is 11.3. The van der Waals surface area contributed by atoms with Crippen molar-refractivity contribution in [2.24, 2.45) is 5.92 Å². The minimum atomic E-state index is -0.968. The highest BCUT2D eigenvalue weighted by molar-refractivity contribution is 5.94. The summed E-state index contributed by atoms with van der Waals surface area (Å²) in [6.45, 7) is 5.18. The molecule has 3 N–H and O–H groups in total. The van der Waals surface area contributed by atoms with Crippen molar-refractivity contribution in [3.8, 4) is 0 Å². The predicted molar refractivity (Wildman–Crippen MR) is 75.4 cm³/mol. The summed E-state index contributed by atoms with van der Waals surface area (Å²) in [5.74, 6) is 0.179. The van der Waals surface area contributed by atoms with Gasteiger partial charge in [0.15, 0.2) is 0 Å². The number of pyridine rings is 1. The Balaban J connectivity index is 2.28. The molecule has 1 fully saturated rings. The van der Waals surface area contributed by atoms with Gasteiger partial charge in [-0.2, -0.15) is 0 Å². The lowest BCUT2D eigenvalue weighted by molar-refractivity contribution is 0.0697. The number of hydrogen-bond acceptors (Lipinski definition) is 4. The second-order valence-electron chi connectivity index (χ2n) is 5.55. The normalized spacial score (nSPS) is 14.7. The van der Waals surface area contributed by atoms with Crippen LogP contribution in [0.15, 0.2) is 12.3 Å². The Morgan fingerprint density at radius 3 is 2.79 bits per heavy atom. The van der Waals surface area contributed by atoms with E-state index in [9.17, 15) is 9.90 Å². The second-order valence-corrected chi connectivity index (χ2v) is 5.55. The van der Waals surface area contributed by atoms with Gasteiger partial charge < -0.3 is 15.7 Å². The molecule has 0 radical (unpaired) electrons. The highest BCUT2D eigenvalue weighted by Crippen LogP contribution is 2.33. The van der Waals surface area contributed by atoms with E-state index >= 15 is 0 Å². The standard InChI is InChI=1S/C14H21N3O2/c1-9(2)5-6-17(11-3-4-11)13-12(14(18)19)7-10(15)8-16-13/h7-9,11H,3-6,15H2,1-2H3,(H,18,19). The van der Waals surface area contributed by atoms with Gasteiger partial charge in [0.25, 0.3) is 0 Å². The molecule has 1 aliphatic carbocycles. The summed E-state index contributed by atoms with van der Waals surface area (Å²) in [5.41, 5.74) is 6.23. The molecule has 0 atom stereocenters. The first-order chi connectivity index (χ1) is 8.99. The highest BCUT2D eigenvalue weighted by Gasteiger charge is 2.32. The van der Waals surface area contributed by atoms with Crippen LogP contribution in [-0.4, -0.2) is 28.6 Å². The zero-order valence-corrected chi connectivity index (χ0v) is 11.5. The third kappa shape index (κ3) is 3.36. The molecule has 5 heteroatoms. The van der Waals surface area contributed by atoms with Crippen molar-refractivity contribution in [1.82, 2.24) is 4.98 Å². The van der Waals surface area contributed by atoms with Gasteiger partial charge in [0.1, 0.15) is 11.4 Å². The minimum Gasteiger partial charge on any atom is -0.478 e. The van der Waals surface area contributed by atoms with Crippen LogP contribution in [0, 0.1) is 5.92 Å². The number of nitrogens with two attached hydrogens (primary N) is 1. The number of nitrogen functional groups attached to an aromatic ring is 1. The number of aromatic carboxylic acids is 1. The number of carboxylic acid groups (broad SMARTS) is 1. The van der Waals surface area contributed by atoms with E-state index in [-0.39, 0.29) is 5.56 Å². The summed E-state index contributed by atoms with van der Waals surface area (Å²) in [7, 11) is 0. The highest BCUT2D eigenvalue weighted by atomic mass is 16.4. The fraction of sp³-hybridized carbons (Fsp3) is 0.571. The van der Waals surface area contributed by atoms with Gasteiger partial charge >= 0.3 is 5.97 Å². The van der Waals surface area contributed by atoms with E-state index in [0.29, 0.717) is 23.5 Å². The van der Waals surface area contributed by atoms with Crippen LogP contribution < -0.4 is 10.6 Å². The molecule has 0 saturated heterocycles. The molecule has 0 spiro atoms. The van der Waals surface area contributed by atoms with Crippen LogP contribution in [0.5, 0.6) is 0 Å². The third-order valence-electron chi connectivity index (χ3n) is 3.33. The van der Waals surface area contributed by atoms with Crippen molar-refractivity contribution in [1.29, 1.82) is 0 Å². The fourth-order valence-electron chi connectivity index (χ4n) is 2.10. The lowest BCUT2D eigenvalue weighted by Crippen LogP contribution is -2.30. The van der Waals surface area contributed by atoms with Crippen molar-refractivity contribution in [2.45, 2.75) is 39.2 Å². The van der Waals surface area contributed by atoms with Crippen LogP contribution >= 0.6 is 0 Å². The lowest BCUT2D eigenvalue weighted by Gasteiger charge is -2.25. The topological polar surface area (TPSA) is 79.5 Å². The Kier molecular flexibility index (Phi) is 3.93. The molecular formula is C14H21N3O2. The summed E-state index contributed by atoms with van der Waals surface area (Å²) in [4.78, 5) is 17.7. The van der Waals surface area contributed by atoms with Gasteiger partial charge in [-0.25, -0.2) is 9.78 Å². The fourth-order valence-corrected chi connectivity index (χ4v) is 2.10. The molecule has 1 heterocycles. The average Bonchev–Trinajstić information content (AvgIpc) is 3.14. The van der Waals surface area contributed by atoms with Crippen LogP contribution in [0.2, 0.25) is 0 Å². The molecule has 5 nitrogen and oxygen atoms in total. The number of rotatable bonds is 6. The maximum Gasteiger partial charge on any atom is 0.339 e. The number of carbonyl (C=O) groups is 1. The first-order valence-corrected chi connectivity index (χ1v) is 6.74. The Morgan fingerprint density at radius 1 is 1.58 bits per heavy atom. The van der Waals surface area contributed by atoms with Gasteiger partial charge in [-0.05, 0) is 31.2 Å². The Labute approximate surface area is 113 Å². The van der Waals surface area contributed by atoms with Crippen molar-refractivity contribution < 1.29 is 9.90 Å². The van der Waals surface area contributed by atoms with Gasteiger partial charge in [-0.15, -0.1) is 0 Å². The Morgan fingerprint density at radius 2 is 2.26 bits per heavy atom. The van der Waals surface area contributed by atoms with E-state index in [2.05, 4.69) is 23.7 Å². The number of aromatic nitrogens is 1. The lowest BCUT2D eigenvalue weighted by atomic mass is 10.1. The van der Waals surface area contributed by atoms with Gasteiger partial charge in [-0.3, -0.25) is 0 Å². The third-order valence-corrected chi connectivity index (χ3v) is 3.33. The molecule has 1 aliphatic rings. The Bertz CT molecular complexity index is 470. The molecule has 0 aromatic carbocycles. The predicted octanol–water partition coefficient (Wildman–Crippen LogP) is 2.38. The van der Waals surface area contributed by atoms with Crippen molar-refractivity contribution >= 4 is 17.5 Å². The number of anilines is 2. The van der Waals surface area contributed by atoms with E-state index in [0.717, 1.165) is 25.8 Å². The molecule has 19 heavy (non-hydrogen) atoms. The summed E-state index contributed by atoms with van der Waals surface area (Å²) >= 11 is 0. The zero-order chi connectivity index (χ0) is 14.0. The molecule has 104 valence electrons. The molecule has 1 aromatic heterocycles. The van der Waals surface area contributed by atoms with E-state index in [4.69, 9.17) is 5.73 Å². The molecule has 0 unspecified atom stereocenters. The van der Waals surface area contributed by atoms with Crippen molar-refractivity contribution in [3.63, 3.8) is 0 Å². The summed E-state index contributed by atoms with van der Waals surface area (Å²) < 4.78 is 0. The number of carboxylic acids is 1. The molecule has 0 amide bonds. The first kappa shape index (κ1) is 13.6. The van der Waals surface area contributed by atoms with Crippen LogP contribution in [0.25, 0.3) is 0 Å². The van der Waals surface area contributed by atoms with Gasteiger partial charge in [0.2, 0.25) is 0 Å². The van der Waals surface area contributed by atoms with E-state index in [1.165, 1.54) is 12.3 Å². The van der Waals surface area contributed by atoms with E-state index < -0.39 is 5.97 Å².